The molecule has 80 valence electrons. The smallest absolute Gasteiger partial charge is 0.226 e. The number of carbonyl (C=O) groups excluding carboxylic acids is 2. The largest absolute Gasteiger partial charge is 0.329 e. The van der Waals surface area contributed by atoms with Gasteiger partial charge in [0.1, 0.15) is 0 Å². The normalized spacial score (nSPS) is 9.80. The van der Waals surface area contributed by atoms with E-state index in [1.54, 1.807) is 24.3 Å². The molecule has 0 fully saturated rings. The third-order valence-electron chi connectivity index (χ3n) is 1.88. The van der Waals surface area contributed by atoms with Crippen LogP contribution in [0.2, 0.25) is 0 Å². The van der Waals surface area contributed by atoms with Gasteiger partial charge in [-0.15, -0.1) is 0 Å². The summed E-state index contributed by atoms with van der Waals surface area (Å²) in [4.78, 5) is 21.6. The van der Waals surface area contributed by atoms with Crippen LogP contribution in [0.4, 0.5) is 11.4 Å². The highest BCUT2D eigenvalue weighted by atomic mass is 16.1. The van der Waals surface area contributed by atoms with Gasteiger partial charge in [-0.25, -0.2) is 0 Å². The van der Waals surface area contributed by atoms with Crippen LogP contribution in [0.1, 0.15) is 13.8 Å². The van der Waals surface area contributed by atoms with Crippen molar-refractivity contribution in [2.45, 2.75) is 13.8 Å². The fraction of sp³-hybridized carbons (Fsp3) is 0.273. The molecule has 2 N–H and O–H groups in total. The highest BCUT2D eigenvalue weighted by molar-refractivity contribution is 5.92. The Kier molecular flexibility index (Phi) is 3.85. The van der Waals surface area contributed by atoms with Crippen molar-refractivity contribution in [3.05, 3.63) is 24.3 Å². The van der Waals surface area contributed by atoms with Crippen molar-refractivity contribution < 1.29 is 9.59 Å². The lowest BCUT2D eigenvalue weighted by Gasteiger charge is -2.08. The number of hydrogen-bond acceptors (Lipinski definition) is 2. The van der Waals surface area contributed by atoms with Gasteiger partial charge in [0.25, 0.3) is 0 Å². The quantitative estimate of drug-likeness (QED) is 0.738. The van der Waals surface area contributed by atoms with Crippen molar-refractivity contribution in [1.29, 1.82) is 0 Å². The molecule has 0 saturated carbocycles. The standard InChI is InChI=1S/C11H14N2O2/c1-8(2)11(15)13-10-5-3-4-9(6-10)12-7-14/h3-8H,1-2H3,(H,12,14)(H,13,15). The zero-order valence-electron chi connectivity index (χ0n) is 8.78. The first-order valence-electron chi connectivity index (χ1n) is 4.74. The monoisotopic (exact) mass is 206 g/mol. The molecule has 1 aromatic carbocycles. The van der Waals surface area contributed by atoms with Crippen LogP contribution in [0.25, 0.3) is 0 Å². The highest BCUT2D eigenvalue weighted by Gasteiger charge is 2.06. The number of nitrogens with one attached hydrogen (secondary N) is 2. The number of hydrogen-bond donors (Lipinski definition) is 2. The van der Waals surface area contributed by atoms with E-state index >= 15 is 0 Å². The minimum absolute atomic E-state index is 0.0433. The maximum atomic E-state index is 11.4. The first kappa shape index (κ1) is 11.2. The molecule has 0 unspecified atom stereocenters. The molecule has 4 nitrogen and oxygen atoms in total. The summed E-state index contributed by atoms with van der Waals surface area (Å²) in [5, 5.41) is 5.26. The van der Waals surface area contributed by atoms with Crippen LogP contribution in [-0.2, 0) is 9.59 Å². The summed E-state index contributed by atoms with van der Waals surface area (Å²) in [7, 11) is 0. The molecular weight excluding hydrogens is 192 g/mol. The van der Waals surface area contributed by atoms with Crippen molar-refractivity contribution in [2.24, 2.45) is 5.92 Å². The van der Waals surface area contributed by atoms with Crippen LogP contribution < -0.4 is 10.6 Å². The predicted octanol–water partition coefficient (Wildman–Crippen LogP) is 1.85. The van der Waals surface area contributed by atoms with Gasteiger partial charge in [-0.05, 0) is 18.2 Å². The van der Waals surface area contributed by atoms with E-state index in [-0.39, 0.29) is 11.8 Å². The maximum Gasteiger partial charge on any atom is 0.226 e. The predicted molar refractivity (Wildman–Crippen MR) is 59.6 cm³/mol. The minimum atomic E-state index is -0.0623. The Morgan fingerprint density at radius 3 is 2.60 bits per heavy atom. The molecule has 0 radical (unpaired) electrons. The van der Waals surface area contributed by atoms with Crippen molar-refractivity contribution >= 4 is 23.7 Å². The molecule has 0 aromatic heterocycles. The molecule has 0 bridgehead atoms. The Balaban J connectivity index is 2.73. The summed E-state index contributed by atoms with van der Waals surface area (Å²) >= 11 is 0. The Morgan fingerprint density at radius 1 is 1.33 bits per heavy atom. The second-order valence-electron chi connectivity index (χ2n) is 3.49. The van der Waals surface area contributed by atoms with Gasteiger partial charge in [0.15, 0.2) is 0 Å². The molecular formula is C11H14N2O2. The molecule has 0 aliphatic rings. The number of anilines is 2. The van der Waals surface area contributed by atoms with Gasteiger partial charge >= 0.3 is 0 Å². The van der Waals surface area contributed by atoms with Crippen LogP contribution in [0.15, 0.2) is 24.3 Å². The van der Waals surface area contributed by atoms with Crippen LogP contribution >= 0.6 is 0 Å². The van der Waals surface area contributed by atoms with E-state index in [2.05, 4.69) is 10.6 Å². The Morgan fingerprint density at radius 2 is 2.00 bits per heavy atom. The molecule has 0 atom stereocenters. The number of rotatable bonds is 4. The number of benzene rings is 1. The first-order valence-corrected chi connectivity index (χ1v) is 4.74. The summed E-state index contributed by atoms with van der Waals surface area (Å²) < 4.78 is 0. The molecule has 4 heteroatoms. The van der Waals surface area contributed by atoms with Crippen molar-refractivity contribution in [1.82, 2.24) is 0 Å². The Bertz CT molecular complexity index is 361. The lowest BCUT2D eigenvalue weighted by Crippen LogP contribution is -2.17. The summed E-state index contributed by atoms with van der Waals surface area (Å²) in [6.45, 7) is 3.64. The van der Waals surface area contributed by atoms with Gasteiger partial charge in [0.05, 0.1) is 0 Å². The fourth-order valence-corrected chi connectivity index (χ4v) is 1.04. The van der Waals surface area contributed by atoms with E-state index in [0.29, 0.717) is 17.8 Å². The van der Waals surface area contributed by atoms with E-state index in [4.69, 9.17) is 0 Å². The molecule has 15 heavy (non-hydrogen) atoms. The van der Waals surface area contributed by atoms with E-state index in [1.807, 2.05) is 13.8 Å². The van der Waals surface area contributed by atoms with Crippen LogP contribution in [-0.4, -0.2) is 12.3 Å². The van der Waals surface area contributed by atoms with Gasteiger partial charge in [-0.3, -0.25) is 9.59 Å². The van der Waals surface area contributed by atoms with Crippen LogP contribution in [0.5, 0.6) is 0 Å². The summed E-state index contributed by atoms with van der Waals surface area (Å²) in [6, 6.07) is 6.99. The Hall–Kier alpha value is -1.84. The highest BCUT2D eigenvalue weighted by Crippen LogP contribution is 2.15. The zero-order valence-corrected chi connectivity index (χ0v) is 8.78. The zero-order chi connectivity index (χ0) is 11.3. The van der Waals surface area contributed by atoms with Gasteiger partial charge in [0, 0.05) is 17.3 Å². The van der Waals surface area contributed by atoms with Gasteiger partial charge in [-0.2, -0.15) is 0 Å². The molecule has 2 amide bonds. The van der Waals surface area contributed by atoms with Crippen LogP contribution in [0, 0.1) is 5.92 Å². The second-order valence-corrected chi connectivity index (χ2v) is 3.49. The van der Waals surface area contributed by atoms with Crippen LogP contribution in [0.3, 0.4) is 0 Å². The molecule has 0 heterocycles. The van der Waals surface area contributed by atoms with Gasteiger partial charge < -0.3 is 10.6 Å². The summed E-state index contributed by atoms with van der Waals surface area (Å²) in [5.41, 5.74) is 1.34. The average molecular weight is 206 g/mol. The van der Waals surface area contributed by atoms with Crippen molar-refractivity contribution in [3.8, 4) is 0 Å². The third kappa shape index (κ3) is 3.42. The molecule has 1 aromatic rings. The van der Waals surface area contributed by atoms with E-state index < -0.39 is 0 Å². The first-order chi connectivity index (χ1) is 7.13. The average Bonchev–Trinajstić information content (AvgIpc) is 2.18. The SMILES string of the molecule is CC(C)C(=O)Nc1cccc(NC=O)c1. The number of carbonyl (C=O) groups is 2. The molecule has 1 rings (SSSR count). The van der Waals surface area contributed by atoms with Crippen molar-refractivity contribution in [2.75, 3.05) is 10.6 Å². The molecule has 0 aliphatic carbocycles. The lowest BCUT2D eigenvalue weighted by atomic mass is 10.2. The van der Waals surface area contributed by atoms with E-state index in [9.17, 15) is 9.59 Å². The molecule has 0 saturated heterocycles. The van der Waals surface area contributed by atoms with Crippen molar-refractivity contribution in [3.63, 3.8) is 0 Å². The van der Waals surface area contributed by atoms with E-state index in [0.717, 1.165) is 0 Å². The lowest BCUT2D eigenvalue weighted by molar-refractivity contribution is -0.118. The second kappa shape index (κ2) is 5.14. The number of amides is 2. The summed E-state index contributed by atoms with van der Waals surface area (Å²) in [6.07, 6.45) is 0.601. The minimum Gasteiger partial charge on any atom is -0.329 e. The van der Waals surface area contributed by atoms with Gasteiger partial charge in [-0.1, -0.05) is 19.9 Å². The molecule has 0 aliphatic heterocycles. The topological polar surface area (TPSA) is 58.2 Å². The fourth-order valence-electron chi connectivity index (χ4n) is 1.04. The third-order valence-corrected chi connectivity index (χ3v) is 1.88. The van der Waals surface area contributed by atoms with E-state index in [1.165, 1.54) is 0 Å². The summed E-state index contributed by atoms with van der Waals surface area (Å²) in [5.74, 6) is -0.106. The molecule has 0 spiro atoms. The van der Waals surface area contributed by atoms with Gasteiger partial charge in [0.2, 0.25) is 12.3 Å². The maximum absolute atomic E-state index is 11.4. The Labute approximate surface area is 88.7 Å².